The molecule has 0 bridgehead atoms. The lowest BCUT2D eigenvalue weighted by atomic mass is 10.0. The number of aromatic nitrogens is 2. The largest absolute Gasteiger partial charge is 0.416 e. The molecule has 186 valence electrons. The first-order chi connectivity index (χ1) is 15.9. The number of nitrogens with one attached hydrogen (secondary N) is 2. The van der Waals surface area contributed by atoms with Crippen molar-refractivity contribution < 1.29 is 26.3 Å². The number of hydrogen-bond donors (Lipinski definition) is 3. The molecule has 2 aliphatic rings. The molecule has 2 unspecified atom stereocenters. The third-order valence-corrected chi connectivity index (χ3v) is 7.91. The second-order valence-corrected chi connectivity index (χ2v) is 10.6. The smallest absolute Gasteiger partial charge is 0.399 e. The summed E-state index contributed by atoms with van der Waals surface area (Å²) < 4.78 is 72.6. The lowest BCUT2D eigenvalue weighted by molar-refractivity contribution is -0.137. The molecule has 14 heteroatoms. The third-order valence-electron chi connectivity index (χ3n) is 5.74. The van der Waals surface area contributed by atoms with Gasteiger partial charge in [-0.25, -0.2) is 18.4 Å². The Morgan fingerprint density at radius 1 is 1.32 bits per heavy atom. The van der Waals surface area contributed by atoms with Crippen LogP contribution in [-0.4, -0.2) is 54.4 Å². The van der Waals surface area contributed by atoms with Crippen LogP contribution in [0.25, 0.3) is 0 Å². The molecule has 2 aromatic rings. The Balaban J connectivity index is 1.62. The first kappa shape index (κ1) is 24.9. The van der Waals surface area contributed by atoms with E-state index in [4.69, 9.17) is 22.1 Å². The van der Waals surface area contributed by atoms with E-state index >= 15 is 0 Å². The van der Waals surface area contributed by atoms with Gasteiger partial charge < -0.3 is 21.1 Å². The predicted octanol–water partition coefficient (Wildman–Crippen LogP) is 2.54. The van der Waals surface area contributed by atoms with Gasteiger partial charge in [0.1, 0.15) is 5.82 Å². The average Bonchev–Trinajstić information content (AvgIpc) is 2.78. The maximum absolute atomic E-state index is 13.2. The molecule has 0 saturated carbocycles. The van der Waals surface area contributed by atoms with Crippen molar-refractivity contribution in [2.75, 3.05) is 37.3 Å². The second kappa shape index (κ2) is 9.46. The Morgan fingerprint density at radius 3 is 2.76 bits per heavy atom. The van der Waals surface area contributed by atoms with E-state index < -0.39 is 33.2 Å². The van der Waals surface area contributed by atoms with E-state index in [1.54, 1.807) is 6.92 Å². The van der Waals surface area contributed by atoms with Crippen LogP contribution < -0.4 is 16.4 Å². The maximum Gasteiger partial charge on any atom is 0.416 e. The summed E-state index contributed by atoms with van der Waals surface area (Å²) >= 11 is 6.08. The summed E-state index contributed by atoms with van der Waals surface area (Å²) in [7, 11) is -3.77. The lowest BCUT2D eigenvalue weighted by Crippen LogP contribution is -2.50. The van der Waals surface area contributed by atoms with Gasteiger partial charge in [0, 0.05) is 43.9 Å². The molecule has 1 fully saturated rings. The van der Waals surface area contributed by atoms with E-state index in [9.17, 15) is 21.6 Å². The van der Waals surface area contributed by atoms with Crippen molar-refractivity contribution in [2.45, 2.75) is 37.5 Å². The monoisotopic (exact) mass is 520 g/mol. The summed E-state index contributed by atoms with van der Waals surface area (Å²) in [6.45, 7) is 2.87. The fraction of sp³-hybridized carbons (Fsp3) is 0.500. The fourth-order valence-corrected chi connectivity index (χ4v) is 5.74. The van der Waals surface area contributed by atoms with Gasteiger partial charge in [0.15, 0.2) is 5.44 Å². The lowest BCUT2D eigenvalue weighted by Gasteiger charge is -2.33. The first-order valence-corrected chi connectivity index (χ1v) is 12.4. The summed E-state index contributed by atoms with van der Waals surface area (Å²) in [6.07, 6.45) is -4.25. The summed E-state index contributed by atoms with van der Waals surface area (Å²) in [5.41, 5.74) is 5.18. The highest BCUT2D eigenvalue weighted by atomic mass is 35.5. The number of halogens is 4. The first-order valence-electron chi connectivity index (χ1n) is 10.6. The van der Waals surface area contributed by atoms with Crippen LogP contribution in [0.3, 0.4) is 0 Å². The number of alkyl halides is 3. The highest BCUT2D eigenvalue weighted by Gasteiger charge is 2.37. The third kappa shape index (κ3) is 5.23. The summed E-state index contributed by atoms with van der Waals surface area (Å²) in [6, 6.07) is 2.67. The fourth-order valence-electron chi connectivity index (χ4n) is 3.97. The molecule has 2 aliphatic heterocycles. The van der Waals surface area contributed by atoms with E-state index in [0.29, 0.717) is 24.2 Å². The molecular formula is C20H24ClF3N6O3S. The zero-order valence-electron chi connectivity index (χ0n) is 18.2. The van der Waals surface area contributed by atoms with Crippen LogP contribution in [0, 0.1) is 0 Å². The molecule has 2 atom stereocenters. The van der Waals surface area contributed by atoms with Gasteiger partial charge in [0.2, 0.25) is 15.3 Å². The van der Waals surface area contributed by atoms with Crippen molar-refractivity contribution >= 4 is 33.1 Å². The van der Waals surface area contributed by atoms with Crippen LogP contribution in [0.1, 0.15) is 35.3 Å². The van der Waals surface area contributed by atoms with Crippen molar-refractivity contribution in [1.29, 1.82) is 0 Å². The van der Waals surface area contributed by atoms with E-state index in [2.05, 4.69) is 20.6 Å². The number of anilines is 2. The number of nitrogen functional groups attached to an aromatic ring is 1. The number of rotatable bonds is 5. The average molecular weight is 521 g/mol. The molecule has 0 aliphatic carbocycles. The Hall–Kier alpha value is -2.19. The zero-order chi connectivity index (χ0) is 24.7. The van der Waals surface area contributed by atoms with Gasteiger partial charge in [-0.05, 0) is 42.3 Å². The van der Waals surface area contributed by atoms with E-state index in [0.717, 1.165) is 12.1 Å². The molecule has 0 radical (unpaired) electrons. The van der Waals surface area contributed by atoms with Crippen LogP contribution >= 0.6 is 11.6 Å². The van der Waals surface area contributed by atoms with Crippen LogP contribution in [0.4, 0.5) is 24.7 Å². The number of sulfonamides is 1. The molecule has 0 spiro atoms. The molecule has 34 heavy (non-hydrogen) atoms. The Morgan fingerprint density at radius 2 is 2.09 bits per heavy atom. The van der Waals surface area contributed by atoms with Crippen molar-refractivity contribution in [2.24, 2.45) is 0 Å². The quantitative estimate of drug-likeness (QED) is 0.406. The molecule has 3 heterocycles. The predicted molar refractivity (Wildman–Crippen MR) is 121 cm³/mol. The van der Waals surface area contributed by atoms with Gasteiger partial charge in [0.05, 0.1) is 23.9 Å². The van der Waals surface area contributed by atoms with Gasteiger partial charge in [-0.1, -0.05) is 0 Å². The molecule has 1 saturated heterocycles. The number of fused-ring (bicyclic) bond motifs is 1. The van der Waals surface area contributed by atoms with Crippen molar-refractivity contribution in [1.82, 2.24) is 19.6 Å². The Bertz CT molecular complexity index is 1170. The van der Waals surface area contributed by atoms with Crippen molar-refractivity contribution in [3.63, 3.8) is 0 Å². The van der Waals surface area contributed by atoms with Crippen LogP contribution in [-0.2, 0) is 33.9 Å². The Labute approximate surface area is 199 Å². The molecule has 1 aromatic carbocycles. The number of hydrogen-bond acceptors (Lipinski definition) is 8. The minimum absolute atomic E-state index is 0.0194. The van der Waals surface area contributed by atoms with E-state index in [1.807, 2.05) is 0 Å². The van der Waals surface area contributed by atoms with Crippen LogP contribution in [0.5, 0.6) is 0 Å². The highest BCUT2D eigenvalue weighted by Crippen LogP contribution is 2.34. The molecular weight excluding hydrogens is 497 g/mol. The standard InChI is InChI=1S/C20H24ClF3N6O3S/c1-11(12-6-13(20(22,23)24)8-14(25)7-12)27-18-15-10-30(4-2-16(15)28-19(21)29-18)34(31,32)17-9-26-3-5-33-17/h6-8,11,17,26H,2-5,9-10,25H2,1H3,(H,27,28,29). The summed E-state index contributed by atoms with van der Waals surface area (Å²) in [5, 5.41) is 6.02. The van der Waals surface area contributed by atoms with Crippen molar-refractivity contribution in [3.8, 4) is 0 Å². The number of nitrogens with two attached hydrogens (primary N) is 1. The van der Waals surface area contributed by atoms with Gasteiger partial charge in [-0.15, -0.1) is 0 Å². The topological polar surface area (TPSA) is 122 Å². The summed E-state index contributed by atoms with van der Waals surface area (Å²) in [4.78, 5) is 8.42. The van der Waals surface area contributed by atoms with Crippen LogP contribution in [0.15, 0.2) is 18.2 Å². The minimum Gasteiger partial charge on any atom is -0.399 e. The maximum atomic E-state index is 13.2. The molecule has 1 aromatic heterocycles. The molecule has 4 N–H and O–H groups in total. The summed E-state index contributed by atoms with van der Waals surface area (Å²) in [5.74, 6) is 0.251. The minimum atomic E-state index is -4.55. The van der Waals surface area contributed by atoms with E-state index in [-0.39, 0.29) is 48.6 Å². The van der Waals surface area contributed by atoms with Gasteiger partial charge in [-0.2, -0.15) is 17.5 Å². The van der Waals surface area contributed by atoms with Crippen LogP contribution in [0.2, 0.25) is 5.28 Å². The van der Waals surface area contributed by atoms with Gasteiger partial charge in [-0.3, -0.25) is 0 Å². The number of benzene rings is 1. The Kier molecular flexibility index (Phi) is 6.93. The number of ether oxygens (including phenoxy) is 1. The molecule has 0 amide bonds. The number of morpholine rings is 1. The number of nitrogens with zero attached hydrogens (tertiary/aromatic N) is 3. The van der Waals surface area contributed by atoms with Gasteiger partial charge >= 0.3 is 6.18 Å². The zero-order valence-corrected chi connectivity index (χ0v) is 19.8. The second-order valence-electron chi connectivity index (χ2n) is 8.15. The van der Waals surface area contributed by atoms with Gasteiger partial charge in [0.25, 0.3) is 0 Å². The SMILES string of the molecule is CC(Nc1nc(Cl)nc2c1CN(S(=O)(=O)C1CNCCO1)CC2)c1cc(N)cc(C(F)(F)F)c1. The van der Waals surface area contributed by atoms with E-state index in [1.165, 1.54) is 10.4 Å². The normalized spacial score (nSPS) is 20.6. The molecule has 4 rings (SSSR count). The highest BCUT2D eigenvalue weighted by molar-refractivity contribution is 7.89. The molecule has 9 nitrogen and oxygen atoms in total. The van der Waals surface area contributed by atoms with Crippen molar-refractivity contribution in [3.05, 3.63) is 45.9 Å².